The molecule has 8 heteroatoms. The van der Waals surface area contributed by atoms with Crippen LogP contribution in [0.3, 0.4) is 0 Å². The molecular formula is C19H26ClFN4O2. The molecule has 2 bridgehead atoms. The summed E-state index contributed by atoms with van der Waals surface area (Å²) in [5.41, 5.74) is -0.0182. The number of piperidine rings is 1. The van der Waals surface area contributed by atoms with Gasteiger partial charge in [-0.1, -0.05) is 11.6 Å². The van der Waals surface area contributed by atoms with Crippen LogP contribution in [0.5, 0.6) is 0 Å². The Balaban J connectivity index is 1.46. The van der Waals surface area contributed by atoms with Crippen LogP contribution in [-0.4, -0.2) is 65.5 Å². The Kier molecular flexibility index (Phi) is 5.74. The zero-order chi connectivity index (χ0) is 19.8. The Morgan fingerprint density at radius 3 is 2.48 bits per heavy atom. The maximum Gasteiger partial charge on any atom is 0.252 e. The molecule has 2 atom stereocenters. The van der Waals surface area contributed by atoms with Crippen molar-refractivity contribution in [3.8, 4) is 0 Å². The fraction of sp³-hybridized carbons (Fsp3) is 0.579. The lowest BCUT2D eigenvalue weighted by molar-refractivity contribution is -0.132. The van der Waals surface area contributed by atoms with Crippen LogP contribution in [-0.2, 0) is 4.79 Å². The van der Waals surface area contributed by atoms with Gasteiger partial charge in [0, 0.05) is 41.3 Å². The summed E-state index contributed by atoms with van der Waals surface area (Å²) in [6.45, 7) is 8.30. The van der Waals surface area contributed by atoms with E-state index in [-0.39, 0.29) is 27.9 Å². The van der Waals surface area contributed by atoms with Crippen molar-refractivity contribution in [2.24, 2.45) is 0 Å². The predicted octanol–water partition coefficient (Wildman–Crippen LogP) is 1.84. The number of hydrogen-bond acceptors (Lipinski definition) is 4. The number of halogens is 2. The minimum atomic E-state index is -0.531. The molecule has 2 unspecified atom stereocenters. The van der Waals surface area contributed by atoms with E-state index in [1.54, 1.807) is 0 Å². The molecule has 0 aromatic heterocycles. The number of nitrogens with zero attached hydrogens (tertiary/aromatic N) is 2. The molecule has 2 amide bonds. The largest absolute Gasteiger partial charge is 0.350 e. The topological polar surface area (TPSA) is 64.7 Å². The molecule has 0 saturated carbocycles. The first-order valence-corrected chi connectivity index (χ1v) is 9.52. The van der Waals surface area contributed by atoms with Crippen molar-refractivity contribution in [2.75, 3.05) is 26.3 Å². The molecule has 3 aliphatic heterocycles. The summed E-state index contributed by atoms with van der Waals surface area (Å²) in [5.74, 6) is -0.838. The number of rotatable bonds is 5. The molecule has 2 N–H and O–H groups in total. The minimum Gasteiger partial charge on any atom is -0.350 e. The molecule has 1 aromatic rings. The third-order valence-corrected chi connectivity index (χ3v) is 5.07. The average molecular weight is 397 g/mol. The molecule has 0 aliphatic carbocycles. The van der Waals surface area contributed by atoms with Crippen molar-refractivity contribution < 1.29 is 14.0 Å². The highest BCUT2D eigenvalue weighted by atomic mass is 35.5. The van der Waals surface area contributed by atoms with Crippen LogP contribution < -0.4 is 10.6 Å². The van der Waals surface area contributed by atoms with Crippen molar-refractivity contribution in [1.29, 1.82) is 0 Å². The summed E-state index contributed by atoms with van der Waals surface area (Å²) >= 11 is 5.80. The van der Waals surface area contributed by atoms with E-state index in [1.165, 1.54) is 18.2 Å². The van der Waals surface area contributed by atoms with Crippen LogP contribution in [0.2, 0.25) is 5.02 Å². The SMILES string of the molecule is CC(C)(C)NC(=O)CN1C2CC1CN(CNC(=O)c1cc(F)cc(Cl)c1)C2. The van der Waals surface area contributed by atoms with Gasteiger partial charge in [-0.05, 0) is 45.4 Å². The number of benzene rings is 1. The second-order valence-corrected chi connectivity index (χ2v) is 8.81. The van der Waals surface area contributed by atoms with Gasteiger partial charge in [-0.25, -0.2) is 4.39 Å². The van der Waals surface area contributed by atoms with Crippen molar-refractivity contribution >= 4 is 23.4 Å². The average Bonchev–Trinajstić information content (AvgIpc) is 2.55. The first kappa shape index (κ1) is 20.0. The van der Waals surface area contributed by atoms with Crippen LogP contribution >= 0.6 is 11.6 Å². The van der Waals surface area contributed by atoms with Gasteiger partial charge in [-0.3, -0.25) is 19.4 Å². The van der Waals surface area contributed by atoms with E-state index in [0.29, 0.717) is 25.3 Å². The van der Waals surface area contributed by atoms with Gasteiger partial charge < -0.3 is 10.6 Å². The zero-order valence-electron chi connectivity index (χ0n) is 15.9. The summed E-state index contributed by atoms with van der Waals surface area (Å²) in [4.78, 5) is 28.7. The Hall–Kier alpha value is -1.70. The number of nitrogens with one attached hydrogen (secondary N) is 2. The van der Waals surface area contributed by atoms with Crippen LogP contribution in [0.1, 0.15) is 37.6 Å². The number of fused-ring (bicyclic) bond motifs is 2. The van der Waals surface area contributed by atoms with Gasteiger partial charge in [0.15, 0.2) is 0 Å². The molecule has 27 heavy (non-hydrogen) atoms. The van der Waals surface area contributed by atoms with Gasteiger partial charge in [-0.2, -0.15) is 0 Å². The molecule has 3 fully saturated rings. The lowest BCUT2D eigenvalue weighted by atomic mass is 9.87. The third kappa shape index (κ3) is 5.18. The molecule has 148 valence electrons. The van der Waals surface area contributed by atoms with E-state index in [9.17, 15) is 14.0 Å². The van der Waals surface area contributed by atoms with Crippen LogP contribution in [0.4, 0.5) is 4.39 Å². The van der Waals surface area contributed by atoms with E-state index < -0.39 is 5.82 Å². The van der Waals surface area contributed by atoms with E-state index >= 15 is 0 Å². The van der Waals surface area contributed by atoms with Gasteiger partial charge in [0.05, 0.1) is 13.2 Å². The highest BCUT2D eigenvalue weighted by molar-refractivity contribution is 6.31. The van der Waals surface area contributed by atoms with E-state index in [2.05, 4.69) is 20.4 Å². The van der Waals surface area contributed by atoms with Crippen molar-refractivity contribution in [2.45, 2.75) is 44.8 Å². The number of piperazine rings is 1. The number of carbonyl (C=O) groups is 2. The first-order chi connectivity index (χ1) is 12.6. The van der Waals surface area contributed by atoms with Crippen LogP contribution in [0, 0.1) is 5.82 Å². The van der Waals surface area contributed by atoms with Gasteiger partial charge in [0.25, 0.3) is 5.91 Å². The Labute approximate surface area is 164 Å². The van der Waals surface area contributed by atoms with Crippen LogP contribution in [0.25, 0.3) is 0 Å². The summed E-state index contributed by atoms with van der Waals surface area (Å²) < 4.78 is 13.4. The van der Waals surface area contributed by atoms with E-state index in [1.807, 2.05) is 20.8 Å². The van der Waals surface area contributed by atoms with Gasteiger partial charge in [0.2, 0.25) is 5.91 Å². The lowest BCUT2D eigenvalue weighted by Crippen LogP contribution is -2.70. The predicted molar refractivity (Wildman–Crippen MR) is 102 cm³/mol. The molecule has 1 aromatic carbocycles. The monoisotopic (exact) mass is 396 g/mol. The van der Waals surface area contributed by atoms with E-state index in [0.717, 1.165) is 19.5 Å². The maximum absolute atomic E-state index is 13.4. The van der Waals surface area contributed by atoms with Gasteiger partial charge in [-0.15, -0.1) is 0 Å². The summed E-state index contributed by atoms with van der Waals surface area (Å²) in [7, 11) is 0. The molecule has 0 spiro atoms. The van der Waals surface area contributed by atoms with Crippen molar-refractivity contribution in [3.63, 3.8) is 0 Å². The summed E-state index contributed by atoms with van der Waals surface area (Å²) in [5, 5.41) is 6.01. The molecule has 3 aliphatic rings. The van der Waals surface area contributed by atoms with E-state index in [4.69, 9.17) is 11.6 Å². The quantitative estimate of drug-likeness (QED) is 0.797. The summed E-state index contributed by atoms with van der Waals surface area (Å²) in [6, 6.07) is 4.44. The number of hydrogen-bond donors (Lipinski definition) is 2. The Morgan fingerprint density at radius 1 is 1.22 bits per heavy atom. The highest BCUT2D eigenvalue weighted by Gasteiger charge is 2.45. The van der Waals surface area contributed by atoms with Crippen molar-refractivity contribution in [1.82, 2.24) is 20.4 Å². The molecule has 3 heterocycles. The second kappa shape index (κ2) is 7.73. The third-order valence-electron chi connectivity index (χ3n) is 4.85. The lowest BCUT2D eigenvalue weighted by Gasteiger charge is -2.56. The molecule has 6 nitrogen and oxygen atoms in total. The second-order valence-electron chi connectivity index (χ2n) is 8.37. The highest BCUT2D eigenvalue weighted by Crippen LogP contribution is 2.31. The normalized spacial score (nSPS) is 22.9. The smallest absolute Gasteiger partial charge is 0.252 e. The van der Waals surface area contributed by atoms with Crippen LogP contribution in [0.15, 0.2) is 18.2 Å². The molecule has 3 saturated heterocycles. The standard InChI is InChI=1S/C19H26ClFN4O2/c1-19(2,3)23-17(26)10-25-15-7-16(25)9-24(8-15)11-22-18(27)12-4-13(20)6-14(21)5-12/h4-6,15-16H,7-11H2,1-3H3,(H,22,27)(H,23,26). The maximum atomic E-state index is 13.4. The van der Waals surface area contributed by atoms with Gasteiger partial charge in [0.1, 0.15) is 5.82 Å². The first-order valence-electron chi connectivity index (χ1n) is 9.14. The molecular weight excluding hydrogens is 371 g/mol. The molecule has 4 rings (SSSR count). The Morgan fingerprint density at radius 2 is 1.89 bits per heavy atom. The number of carbonyl (C=O) groups excluding carboxylic acids is 2. The fourth-order valence-corrected chi connectivity index (χ4v) is 3.98. The summed E-state index contributed by atoms with van der Waals surface area (Å²) in [6.07, 6.45) is 1.08. The molecule has 0 radical (unpaired) electrons. The number of amides is 2. The van der Waals surface area contributed by atoms with Crippen molar-refractivity contribution in [3.05, 3.63) is 34.6 Å². The minimum absolute atomic E-state index is 0.0435. The zero-order valence-corrected chi connectivity index (χ0v) is 16.6. The van der Waals surface area contributed by atoms with Gasteiger partial charge >= 0.3 is 0 Å². The Bertz CT molecular complexity index is 705. The fourth-order valence-electron chi connectivity index (χ4n) is 3.76.